The van der Waals surface area contributed by atoms with E-state index in [4.69, 9.17) is 0 Å². The van der Waals surface area contributed by atoms with Gasteiger partial charge in [0.05, 0.1) is 31.5 Å². The summed E-state index contributed by atoms with van der Waals surface area (Å²) in [6.07, 6.45) is 0.889. The molecule has 1 aromatic carbocycles. The van der Waals surface area contributed by atoms with E-state index in [0.29, 0.717) is 5.56 Å². The highest BCUT2D eigenvalue weighted by Gasteiger charge is 2.18. The van der Waals surface area contributed by atoms with Crippen molar-refractivity contribution in [3.8, 4) is 0 Å². The first kappa shape index (κ1) is 16.2. The number of ether oxygens (including phenoxy) is 2. The molecule has 0 saturated heterocycles. The number of carboxylic acids is 1. The number of hydrogen-bond acceptors (Lipinski definition) is 6. The van der Waals surface area contributed by atoms with Gasteiger partial charge in [0, 0.05) is 0 Å². The summed E-state index contributed by atoms with van der Waals surface area (Å²) in [5.74, 6) is -2.75. The monoisotopic (exact) mass is 293 g/mol. The van der Waals surface area contributed by atoms with Crippen LogP contribution in [0.4, 0.5) is 5.69 Å². The maximum atomic E-state index is 11.6. The maximum Gasteiger partial charge on any atom is 0.354 e. The van der Waals surface area contributed by atoms with Gasteiger partial charge in [0.25, 0.3) is 0 Å². The molecule has 0 aliphatic heterocycles. The third kappa shape index (κ3) is 4.07. The van der Waals surface area contributed by atoms with Crippen molar-refractivity contribution in [3.63, 3.8) is 0 Å². The van der Waals surface area contributed by atoms with E-state index in [1.807, 2.05) is 0 Å². The van der Waals surface area contributed by atoms with Crippen LogP contribution >= 0.6 is 0 Å². The van der Waals surface area contributed by atoms with Gasteiger partial charge in [-0.1, -0.05) is 12.1 Å². The Morgan fingerprint density at radius 3 is 2.38 bits per heavy atom. The van der Waals surface area contributed by atoms with Crippen LogP contribution in [0.3, 0.4) is 0 Å². The summed E-state index contributed by atoms with van der Waals surface area (Å²) in [6, 6.07) is 4.72. The van der Waals surface area contributed by atoms with Gasteiger partial charge in [-0.25, -0.2) is 14.4 Å². The van der Waals surface area contributed by atoms with Gasteiger partial charge >= 0.3 is 17.9 Å². The third-order valence-corrected chi connectivity index (χ3v) is 2.62. The van der Waals surface area contributed by atoms with Crippen molar-refractivity contribution < 1.29 is 29.0 Å². The second-order valence-corrected chi connectivity index (χ2v) is 4.00. The summed E-state index contributed by atoms with van der Waals surface area (Å²) in [7, 11) is 2.30. The zero-order valence-corrected chi connectivity index (χ0v) is 11.8. The lowest BCUT2D eigenvalue weighted by molar-refractivity contribution is -0.138. The van der Waals surface area contributed by atoms with E-state index in [-0.39, 0.29) is 16.9 Å². The molecule has 7 nitrogen and oxygen atoms in total. The summed E-state index contributed by atoms with van der Waals surface area (Å²) in [5, 5.41) is 11.8. The molecule has 0 heterocycles. The Bertz CT molecular complexity index is 605. The molecule has 0 aliphatic carbocycles. The van der Waals surface area contributed by atoms with Crippen molar-refractivity contribution in [2.75, 3.05) is 19.5 Å². The number of aryl methyl sites for hydroxylation is 1. The topological polar surface area (TPSA) is 102 Å². The number of carbonyl (C=O) groups excluding carboxylic acids is 2. The average Bonchev–Trinajstić information content (AvgIpc) is 2.45. The molecule has 0 unspecified atom stereocenters. The molecule has 0 aromatic heterocycles. The van der Waals surface area contributed by atoms with Crippen LogP contribution in [0.5, 0.6) is 0 Å². The fraction of sp³-hybridized carbons (Fsp3) is 0.214. The van der Waals surface area contributed by atoms with Crippen LogP contribution in [0.1, 0.15) is 15.9 Å². The zero-order chi connectivity index (χ0) is 16.0. The molecular weight excluding hydrogens is 278 g/mol. The fourth-order valence-corrected chi connectivity index (χ4v) is 1.63. The van der Waals surface area contributed by atoms with Crippen LogP contribution in [0, 0.1) is 6.92 Å². The minimum Gasteiger partial charge on any atom is -0.478 e. The Labute approximate surface area is 121 Å². The maximum absolute atomic E-state index is 11.6. The van der Waals surface area contributed by atoms with Crippen molar-refractivity contribution in [1.29, 1.82) is 0 Å². The number of carboxylic acid groups (broad SMARTS) is 1. The molecule has 0 fully saturated rings. The van der Waals surface area contributed by atoms with Crippen LogP contribution in [0.15, 0.2) is 30.0 Å². The van der Waals surface area contributed by atoms with Crippen LogP contribution in [-0.2, 0) is 19.1 Å². The van der Waals surface area contributed by atoms with Gasteiger partial charge in [-0.05, 0) is 18.6 Å². The first-order valence-electron chi connectivity index (χ1n) is 5.88. The summed E-state index contributed by atoms with van der Waals surface area (Å²) in [4.78, 5) is 34.2. The number of esters is 2. The normalized spacial score (nSPS) is 10.7. The van der Waals surface area contributed by atoms with E-state index in [2.05, 4.69) is 14.8 Å². The first-order valence-corrected chi connectivity index (χ1v) is 5.88. The quantitative estimate of drug-likeness (QED) is 0.623. The number of hydrogen-bond donors (Lipinski definition) is 2. The Morgan fingerprint density at radius 2 is 1.86 bits per heavy atom. The molecule has 1 aromatic rings. The highest BCUT2D eigenvalue weighted by Crippen LogP contribution is 2.21. The number of aromatic carboxylic acids is 1. The predicted molar refractivity (Wildman–Crippen MR) is 73.9 cm³/mol. The average molecular weight is 293 g/mol. The van der Waals surface area contributed by atoms with Crippen molar-refractivity contribution >= 4 is 23.6 Å². The second kappa shape index (κ2) is 7.09. The van der Waals surface area contributed by atoms with Gasteiger partial charge in [0.2, 0.25) is 0 Å². The molecule has 0 radical (unpaired) electrons. The predicted octanol–water partition coefficient (Wildman–Crippen LogP) is 1.34. The molecule has 2 N–H and O–H groups in total. The number of anilines is 1. The summed E-state index contributed by atoms with van der Waals surface area (Å²) in [5.41, 5.74) is 0.451. The van der Waals surface area contributed by atoms with E-state index in [0.717, 1.165) is 20.3 Å². The minimum absolute atomic E-state index is 0.00262. The number of benzene rings is 1. The summed E-state index contributed by atoms with van der Waals surface area (Å²) >= 11 is 0. The van der Waals surface area contributed by atoms with Crippen molar-refractivity contribution in [2.45, 2.75) is 6.92 Å². The molecule has 0 saturated carbocycles. The number of carbonyl (C=O) groups is 3. The third-order valence-electron chi connectivity index (χ3n) is 2.62. The van der Waals surface area contributed by atoms with Gasteiger partial charge < -0.3 is 19.9 Å². The zero-order valence-electron chi connectivity index (χ0n) is 11.8. The van der Waals surface area contributed by atoms with Gasteiger partial charge in [-0.2, -0.15) is 0 Å². The SMILES string of the molecule is COC(=O)/C=C(/Nc1cccc(C)c1C(=O)O)C(=O)OC. The Balaban J connectivity index is 3.25. The van der Waals surface area contributed by atoms with Gasteiger partial charge in [-0.15, -0.1) is 0 Å². The molecule has 0 atom stereocenters. The van der Waals surface area contributed by atoms with Gasteiger partial charge in [0.15, 0.2) is 0 Å². The summed E-state index contributed by atoms with van der Waals surface area (Å²) in [6.45, 7) is 1.62. The van der Waals surface area contributed by atoms with Crippen LogP contribution in [-0.4, -0.2) is 37.2 Å². The van der Waals surface area contributed by atoms with E-state index >= 15 is 0 Å². The van der Waals surface area contributed by atoms with E-state index in [1.165, 1.54) is 6.07 Å². The largest absolute Gasteiger partial charge is 0.478 e. The lowest BCUT2D eigenvalue weighted by atomic mass is 10.1. The molecule has 0 bridgehead atoms. The summed E-state index contributed by atoms with van der Waals surface area (Å²) < 4.78 is 8.97. The van der Waals surface area contributed by atoms with E-state index < -0.39 is 17.9 Å². The van der Waals surface area contributed by atoms with Crippen molar-refractivity contribution in [2.24, 2.45) is 0 Å². The highest BCUT2D eigenvalue weighted by molar-refractivity contribution is 6.02. The molecule has 7 heteroatoms. The van der Waals surface area contributed by atoms with Gasteiger partial charge in [-0.3, -0.25) is 0 Å². The Morgan fingerprint density at radius 1 is 1.19 bits per heavy atom. The molecule has 21 heavy (non-hydrogen) atoms. The van der Waals surface area contributed by atoms with Crippen LogP contribution in [0.25, 0.3) is 0 Å². The smallest absolute Gasteiger partial charge is 0.354 e. The van der Waals surface area contributed by atoms with Crippen LogP contribution in [0.2, 0.25) is 0 Å². The standard InChI is InChI=1S/C14H15NO6/c1-8-5-4-6-9(12(8)13(17)18)15-10(14(19)21-3)7-11(16)20-2/h4-7,15H,1-3H3,(H,17,18)/b10-7+. The highest BCUT2D eigenvalue weighted by atomic mass is 16.5. The number of methoxy groups -OCH3 is 2. The lowest BCUT2D eigenvalue weighted by Gasteiger charge is -2.13. The molecule has 112 valence electrons. The van der Waals surface area contributed by atoms with Crippen molar-refractivity contribution in [3.05, 3.63) is 41.1 Å². The molecule has 0 amide bonds. The first-order chi connectivity index (χ1) is 9.90. The number of nitrogens with one attached hydrogen (secondary N) is 1. The lowest BCUT2D eigenvalue weighted by Crippen LogP contribution is -2.17. The number of rotatable bonds is 5. The van der Waals surface area contributed by atoms with E-state index in [9.17, 15) is 19.5 Å². The fourth-order valence-electron chi connectivity index (χ4n) is 1.63. The second-order valence-electron chi connectivity index (χ2n) is 4.00. The Kier molecular flexibility index (Phi) is 5.48. The molecule has 0 spiro atoms. The minimum atomic E-state index is -1.15. The van der Waals surface area contributed by atoms with Gasteiger partial charge in [0.1, 0.15) is 5.70 Å². The van der Waals surface area contributed by atoms with Crippen molar-refractivity contribution in [1.82, 2.24) is 0 Å². The molecule has 0 aliphatic rings. The Hall–Kier alpha value is -2.83. The van der Waals surface area contributed by atoms with Crippen LogP contribution < -0.4 is 5.32 Å². The van der Waals surface area contributed by atoms with E-state index in [1.54, 1.807) is 19.1 Å². The molecule has 1 rings (SSSR count). The molecular formula is C14H15NO6.